The largest absolute Gasteiger partial charge is 0.265 e. The quantitative estimate of drug-likeness (QED) is 0.751. The van der Waals surface area contributed by atoms with Crippen LogP contribution in [0.2, 0.25) is 0 Å². The molecule has 0 aliphatic rings. The van der Waals surface area contributed by atoms with E-state index in [0.29, 0.717) is 0 Å². The van der Waals surface area contributed by atoms with E-state index in [9.17, 15) is 0 Å². The highest BCUT2D eigenvalue weighted by molar-refractivity contribution is 5.37. The summed E-state index contributed by atoms with van der Waals surface area (Å²) in [5.41, 5.74) is 6.63. The summed E-state index contributed by atoms with van der Waals surface area (Å²) >= 11 is 0. The maximum Gasteiger partial charge on any atom is 0.0667 e. The van der Waals surface area contributed by atoms with Crippen molar-refractivity contribution in [2.45, 2.75) is 34.2 Å². The van der Waals surface area contributed by atoms with Gasteiger partial charge in [-0.3, -0.25) is 4.68 Å². The molecule has 0 saturated heterocycles. The molecule has 1 aromatic heterocycles. The van der Waals surface area contributed by atoms with Crippen LogP contribution in [0.4, 0.5) is 0 Å². The van der Waals surface area contributed by atoms with Gasteiger partial charge in [-0.1, -0.05) is 17.7 Å². The van der Waals surface area contributed by atoms with Crippen molar-refractivity contribution in [2.24, 2.45) is 0 Å². The van der Waals surface area contributed by atoms with Crippen LogP contribution in [-0.2, 0) is 6.54 Å². The van der Waals surface area contributed by atoms with Crippen molar-refractivity contribution in [3.05, 3.63) is 52.3 Å². The van der Waals surface area contributed by atoms with Crippen molar-refractivity contribution in [1.29, 1.82) is 0 Å². The monoisotopic (exact) mass is 214 g/mol. The minimum Gasteiger partial charge on any atom is -0.265 e. The molecule has 2 rings (SSSR count). The maximum absolute atomic E-state index is 4.33. The number of aromatic nitrogens is 2. The Labute approximate surface area is 96.9 Å². The molecular formula is C14H18N2. The van der Waals surface area contributed by atoms with E-state index >= 15 is 0 Å². The smallest absolute Gasteiger partial charge is 0.0667 e. The lowest BCUT2D eigenvalue weighted by Crippen LogP contribution is -2.07. The van der Waals surface area contributed by atoms with Crippen LogP contribution in [0.15, 0.2) is 24.4 Å². The molecular weight excluding hydrogens is 196 g/mol. The average molecular weight is 214 g/mol. The molecule has 1 aromatic carbocycles. The molecule has 2 nitrogen and oxygen atoms in total. The van der Waals surface area contributed by atoms with E-state index in [4.69, 9.17) is 0 Å². The highest BCUT2D eigenvalue weighted by Gasteiger charge is 2.06. The van der Waals surface area contributed by atoms with Crippen molar-refractivity contribution in [2.75, 3.05) is 0 Å². The normalized spacial score (nSPS) is 10.8. The third kappa shape index (κ3) is 2.01. The number of hydrogen-bond donors (Lipinski definition) is 0. The van der Waals surface area contributed by atoms with Gasteiger partial charge in [-0.15, -0.1) is 0 Å². The van der Waals surface area contributed by atoms with Crippen LogP contribution in [0.25, 0.3) is 0 Å². The van der Waals surface area contributed by atoms with Gasteiger partial charge in [-0.25, -0.2) is 0 Å². The molecule has 0 N–H and O–H groups in total. The van der Waals surface area contributed by atoms with Gasteiger partial charge in [0.15, 0.2) is 0 Å². The molecule has 0 saturated carbocycles. The van der Waals surface area contributed by atoms with Crippen LogP contribution >= 0.6 is 0 Å². The van der Waals surface area contributed by atoms with Gasteiger partial charge < -0.3 is 0 Å². The Bertz CT molecular complexity index is 486. The second-order valence-corrected chi connectivity index (χ2v) is 4.51. The van der Waals surface area contributed by atoms with E-state index in [-0.39, 0.29) is 0 Å². The third-order valence-corrected chi connectivity index (χ3v) is 3.08. The molecule has 16 heavy (non-hydrogen) atoms. The number of hydrogen-bond acceptors (Lipinski definition) is 1. The number of nitrogens with zero attached hydrogens (tertiary/aromatic N) is 2. The molecule has 1 heterocycles. The molecule has 0 fully saturated rings. The van der Waals surface area contributed by atoms with Crippen molar-refractivity contribution in [1.82, 2.24) is 9.78 Å². The Morgan fingerprint density at radius 2 is 1.69 bits per heavy atom. The lowest BCUT2D eigenvalue weighted by Gasteiger charge is -2.12. The van der Waals surface area contributed by atoms with Crippen molar-refractivity contribution < 1.29 is 0 Å². The lowest BCUT2D eigenvalue weighted by atomic mass is 10.00. The first-order chi connectivity index (χ1) is 7.58. The summed E-state index contributed by atoms with van der Waals surface area (Å²) in [6.45, 7) is 9.45. The van der Waals surface area contributed by atoms with E-state index in [0.717, 1.165) is 6.54 Å². The van der Waals surface area contributed by atoms with Crippen LogP contribution in [0.5, 0.6) is 0 Å². The topological polar surface area (TPSA) is 17.8 Å². The SMILES string of the molecule is Cc1cc(C)c(Cn2nccc2C)c(C)c1. The molecule has 2 aromatic rings. The molecule has 0 aliphatic heterocycles. The second kappa shape index (κ2) is 4.12. The number of aryl methyl sites for hydroxylation is 4. The van der Waals surface area contributed by atoms with Crippen molar-refractivity contribution in [3.63, 3.8) is 0 Å². The van der Waals surface area contributed by atoms with Gasteiger partial charge in [0.25, 0.3) is 0 Å². The summed E-state index contributed by atoms with van der Waals surface area (Å²) in [6, 6.07) is 6.52. The minimum absolute atomic E-state index is 0.872. The number of rotatable bonds is 2. The van der Waals surface area contributed by atoms with Crippen LogP contribution in [-0.4, -0.2) is 9.78 Å². The molecule has 0 aliphatic carbocycles. The van der Waals surface area contributed by atoms with Crippen LogP contribution in [0.1, 0.15) is 27.9 Å². The van der Waals surface area contributed by atoms with E-state index < -0.39 is 0 Å². The van der Waals surface area contributed by atoms with Crippen molar-refractivity contribution in [3.8, 4) is 0 Å². The zero-order valence-corrected chi connectivity index (χ0v) is 10.4. The molecule has 0 bridgehead atoms. The maximum atomic E-state index is 4.33. The molecule has 2 heteroatoms. The van der Waals surface area contributed by atoms with Gasteiger partial charge in [-0.2, -0.15) is 5.10 Å². The van der Waals surface area contributed by atoms with Gasteiger partial charge in [0.1, 0.15) is 0 Å². The summed E-state index contributed by atoms with van der Waals surface area (Å²) in [6.07, 6.45) is 1.86. The van der Waals surface area contributed by atoms with E-state index in [1.807, 2.05) is 16.9 Å². The standard InChI is InChI=1S/C14H18N2/c1-10-7-11(2)14(12(3)8-10)9-16-13(4)5-6-15-16/h5-8H,9H2,1-4H3. The third-order valence-electron chi connectivity index (χ3n) is 3.08. The van der Waals surface area contributed by atoms with Gasteiger partial charge in [0.05, 0.1) is 6.54 Å². The van der Waals surface area contributed by atoms with Crippen LogP contribution < -0.4 is 0 Å². The van der Waals surface area contributed by atoms with Crippen LogP contribution in [0, 0.1) is 27.7 Å². The highest BCUT2D eigenvalue weighted by atomic mass is 15.3. The molecule has 0 amide bonds. The lowest BCUT2D eigenvalue weighted by molar-refractivity contribution is 0.660. The van der Waals surface area contributed by atoms with Gasteiger partial charge in [-0.05, 0) is 50.5 Å². The summed E-state index contributed by atoms with van der Waals surface area (Å²) < 4.78 is 2.05. The Balaban J connectivity index is 2.39. The average Bonchev–Trinajstić information content (AvgIpc) is 2.57. The Kier molecular flexibility index (Phi) is 2.82. The van der Waals surface area contributed by atoms with Crippen molar-refractivity contribution >= 4 is 0 Å². The fourth-order valence-corrected chi connectivity index (χ4v) is 2.17. The molecule has 84 valence electrons. The molecule has 0 atom stereocenters. The first-order valence-electron chi connectivity index (χ1n) is 5.63. The summed E-state index contributed by atoms with van der Waals surface area (Å²) in [5.74, 6) is 0. The van der Waals surface area contributed by atoms with Gasteiger partial charge >= 0.3 is 0 Å². The van der Waals surface area contributed by atoms with Gasteiger partial charge in [0.2, 0.25) is 0 Å². The zero-order chi connectivity index (χ0) is 11.7. The van der Waals surface area contributed by atoms with E-state index in [2.05, 4.69) is 44.9 Å². The molecule has 0 spiro atoms. The molecule has 0 radical (unpaired) electrons. The summed E-state index contributed by atoms with van der Waals surface area (Å²) in [4.78, 5) is 0. The predicted molar refractivity (Wildman–Crippen MR) is 66.7 cm³/mol. The summed E-state index contributed by atoms with van der Waals surface area (Å²) in [5, 5.41) is 4.33. The first-order valence-corrected chi connectivity index (χ1v) is 5.63. The van der Waals surface area contributed by atoms with E-state index in [1.165, 1.54) is 27.9 Å². The Hall–Kier alpha value is -1.57. The fourth-order valence-electron chi connectivity index (χ4n) is 2.17. The number of benzene rings is 1. The fraction of sp³-hybridized carbons (Fsp3) is 0.357. The minimum atomic E-state index is 0.872. The highest BCUT2D eigenvalue weighted by Crippen LogP contribution is 2.17. The Morgan fingerprint density at radius 1 is 1.06 bits per heavy atom. The van der Waals surface area contributed by atoms with E-state index in [1.54, 1.807) is 0 Å². The summed E-state index contributed by atoms with van der Waals surface area (Å²) in [7, 11) is 0. The second-order valence-electron chi connectivity index (χ2n) is 4.51. The predicted octanol–water partition coefficient (Wildman–Crippen LogP) is 3.17. The van der Waals surface area contributed by atoms with Gasteiger partial charge in [0, 0.05) is 11.9 Å². The Morgan fingerprint density at radius 3 is 2.19 bits per heavy atom. The first kappa shape index (κ1) is 10.9. The molecule has 0 unspecified atom stereocenters. The zero-order valence-electron chi connectivity index (χ0n) is 10.4. The van der Waals surface area contributed by atoms with Crippen LogP contribution in [0.3, 0.4) is 0 Å².